The first-order valence-electron chi connectivity index (χ1n) is 5.34. The molecule has 18 heavy (non-hydrogen) atoms. The molecule has 6 heteroatoms. The molecule has 1 aromatic rings. The van der Waals surface area contributed by atoms with Crippen molar-refractivity contribution in [2.24, 2.45) is 4.99 Å². The molecule has 0 radical (unpaired) electrons. The number of thioether (sulfide) groups is 1. The normalized spacial score (nSPS) is 17.2. The quantitative estimate of drug-likeness (QED) is 0.717. The molecule has 1 heterocycles. The molecule has 1 aromatic carbocycles. The van der Waals surface area contributed by atoms with Gasteiger partial charge in [0.05, 0.1) is 13.2 Å². The number of benzene rings is 1. The van der Waals surface area contributed by atoms with Crippen LogP contribution in [0.15, 0.2) is 11.1 Å². The Morgan fingerprint density at radius 2 is 2.17 bits per heavy atom. The van der Waals surface area contributed by atoms with E-state index in [9.17, 15) is 0 Å². The largest absolute Gasteiger partial charge is 0.494 e. The van der Waals surface area contributed by atoms with Crippen LogP contribution in [0.5, 0.6) is 5.75 Å². The van der Waals surface area contributed by atoms with Crippen molar-refractivity contribution in [3.05, 3.63) is 22.2 Å². The van der Waals surface area contributed by atoms with Gasteiger partial charge in [0.15, 0.2) is 5.17 Å². The number of ether oxygens (including phenoxy) is 1. The maximum Gasteiger partial charge on any atom is 0.162 e. The fourth-order valence-corrected chi connectivity index (χ4v) is 2.71. The smallest absolute Gasteiger partial charge is 0.162 e. The van der Waals surface area contributed by atoms with E-state index in [-0.39, 0.29) is 30.0 Å². The van der Waals surface area contributed by atoms with E-state index in [4.69, 9.17) is 16.3 Å². The molecule has 0 aromatic heterocycles. The summed E-state index contributed by atoms with van der Waals surface area (Å²) >= 11 is 7.80. The van der Waals surface area contributed by atoms with Gasteiger partial charge in [-0.25, -0.2) is 4.99 Å². The first-order valence-corrected chi connectivity index (χ1v) is 6.95. The Bertz CT molecular complexity index is 493. The van der Waals surface area contributed by atoms with Crippen LogP contribution in [-0.2, 0) is 0 Å². The monoisotopic (exact) mass is 398 g/mol. The van der Waals surface area contributed by atoms with E-state index >= 15 is 0 Å². The van der Waals surface area contributed by atoms with Crippen molar-refractivity contribution in [3.8, 4) is 5.75 Å². The highest BCUT2D eigenvalue weighted by atomic mass is 127. The standard InChI is InChI=1S/C12H15ClN2OS.HI/c1-6-8(13)5-9(16-3)11-10(6)7(2)14-12(15-11)17-4;/h5,7H,1-4H3,(H,14,15);1H. The lowest BCUT2D eigenvalue weighted by molar-refractivity contribution is 0.414. The number of rotatable bonds is 1. The minimum atomic E-state index is 0. The SMILES string of the molecule is COc1cc(Cl)c(C)c2c1N=C(SC)NC2C.I. The molecule has 1 N–H and O–H groups in total. The van der Waals surface area contributed by atoms with Crippen molar-refractivity contribution in [1.82, 2.24) is 5.32 Å². The third-order valence-corrected chi connectivity index (χ3v) is 3.90. The third kappa shape index (κ3) is 2.72. The molecule has 3 nitrogen and oxygen atoms in total. The summed E-state index contributed by atoms with van der Waals surface area (Å²) in [5.74, 6) is 0.732. The van der Waals surface area contributed by atoms with Gasteiger partial charge in [-0.3, -0.25) is 0 Å². The van der Waals surface area contributed by atoms with E-state index in [1.165, 1.54) is 0 Å². The Morgan fingerprint density at radius 3 is 2.72 bits per heavy atom. The van der Waals surface area contributed by atoms with Gasteiger partial charge in [0.2, 0.25) is 0 Å². The molecule has 0 spiro atoms. The van der Waals surface area contributed by atoms with Crippen molar-refractivity contribution >= 4 is 58.2 Å². The second-order valence-electron chi connectivity index (χ2n) is 3.94. The lowest BCUT2D eigenvalue weighted by Crippen LogP contribution is -2.27. The van der Waals surface area contributed by atoms with Crippen LogP contribution in [0.25, 0.3) is 0 Å². The molecule has 0 fully saturated rings. The predicted octanol–water partition coefficient (Wildman–Crippen LogP) is 4.29. The van der Waals surface area contributed by atoms with E-state index in [1.54, 1.807) is 18.9 Å². The Labute approximate surface area is 134 Å². The molecule has 100 valence electrons. The van der Waals surface area contributed by atoms with Crippen LogP contribution in [0.4, 0.5) is 5.69 Å². The van der Waals surface area contributed by atoms with Crippen molar-refractivity contribution in [3.63, 3.8) is 0 Å². The van der Waals surface area contributed by atoms with Gasteiger partial charge in [-0.2, -0.15) is 0 Å². The number of halogens is 2. The van der Waals surface area contributed by atoms with Gasteiger partial charge in [-0.1, -0.05) is 23.4 Å². The van der Waals surface area contributed by atoms with Gasteiger partial charge in [0.1, 0.15) is 11.4 Å². The van der Waals surface area contributed by atoms with Crippen LogP contribution in [0.1, 0.15) is 24.1 Å². The molecular formula is C12H16ClIN2OS. The lowest BCUT2D eigenvalue weighted by Gasteiger charge is -2.26. The third-order valence-electron chi connectivity index (χ3n) is 2.91. The highest BCUT2D eigenvalue weighted by Gasteiger charge is 2.24. The molecule has 0 saturated carbocycles. The Balaban J connectivity index is 0.00000162. The number of hydrogen-bond donors (Lipinski definition) is 1. The summed E-state index contributed by atoms with van der Waals surface area (Å²) in [7, 11) is 1.64. The zero-order valence-corrected chi connectivity index (χ0v) is 14.6. The van der Waals surface area contributed by atoms with E-state index in [0.717, 1.165) is 32.8 Å². The second-order valence-corrected chi connectivity index (χ2v) is 5.14. The average Bonchev–Trinajstić information content (AvgIpc) is 2.32. The van der Waals surface area contributed by atoms with Crippen molar-refractivity contribution in [2.45, 2.75) is 19.9 Å². The molecule has 1 aliphatic rings. The fourth-order valence-electron chi connectivity index (χ4n) is 2.03. The first-order chi connectivity index (χ1) is 8.08. The summed E-state index contributed by atoms with van der Waals surface area (Å²) in [6.07, 6.45) is 2.00. The second kappa shape index (κ2) is 6.34. The van der Waals surface area contributed by atoms with E-state index in [2.05, 4.69) is 17.2 Å². The molecule has 1 aliphatic heterocycles. The van der Waals surface area contributed by atoms with Gasteiger partial charge >= 0.3 is 0 Å². The summed E-state index contributed by atoms with van der Waals surface area (Å²) in [5.41, 5.74) is 3.07. The highest BCUT2D eigenvalue weighted by molar-refractivity contribution is 14.0. The molecule has 1 atom stereocenters. The summed E-state index contributed by atoms with van der Waals surface area (Å²) in [5, 5.41) is 4.97. The van der Waals surface area contributed by atoms with Gasteiger partial charge < -0.3 is 10.1 Å². The van der Waals surface area contributed by atoms with Crippen LogP contribution < -0.4 is 10.1 Å². The van der Waals surface area contributed by atoms with E-state index < -0.39 is 0 Å². The van der Waals surface area contributed by atoms with Crippen LogP contribution in [0.2, 0.25) is 5.02 Å². The number of nitrogens with zero attached hydrogens (tertiary/aromatic N) is 1. The molecular weight excluding hydrogens is 383 g/mol. The zero-order chi connectivity index (χ0) is 12.6. The van der Waals surface area contributed by atoms with Crippen molar-refractivity contribution in [2.75, 3.05) is 13.4 Å². The van der Waals surface area contributed by atoms with Gasteiger partial charge in [0.25, 0.3) is 0 Å². The number of amidine groups is 1. The first kappa shape index (κ1) is 15.9. The number of aliphatic imine (C=N–C) groups is 1. The van der Waals surface area contributed by atoms with Crippen molar-refractivity contribution in [1.29, 1.82) is 0 Å². The van der Waals surface area contributed by atoms with Gasteiger partial charge in [-0.15, -0.1) is 24.0 Å². The number of hydrogen-bond acceptors (Lipinski definition) is 4. The number of methoxy groups -OCH3 is 1. The molecule has 1 unspecified atom stereocenters. The fraction of sp³-hybridized carbons (Fsp3) is 0.417. The highest BCUT2D eigenvalue weighted by Crippen LogP contribution is 2.43. The molecule has 0 bridgehead atoms. The van der Waals surface area contributed by atoms with Crippen LogP contribution in [0.3, 0.4) is 0 Å². The predicted molar refractivity (Wildman–Crippen MR) is 90.3 cm³/mol. The maximum absolute atomic E-state index is 6.20. The minimum Gasteiger partial charge on any atom is -0.494 e. The van der Waals surface area contributed by atoms with Crippen LogP contribution >= 0.6 is 47.3 Å². The zero-order valence-electron chi connectivity index (χ0n) is 10.7. The molecule has 0 aliphatic carbocycles. The van der Waals surface area contributed by atoms with Crippen molar-refractivity contribution < 1.29 is 4.74 Å². The molecule has 0 amide bonds. The van der Waals surface area contributed by atoms with Gasteiger partial charge in [0, 0.05) is 16.7 Å². The van der Waals surface area contributed by atoms with E-state index in [0.29, 0.717) is 0 Å². The van der Waals surface area contributed by atoms with Gasteiger partial charge in [-0.05, 0) is 25.7 Å². The maximum atomic E-state index is 6.20. The molecule has 0 saturated heterocycles. The van der Waals surface area contributed by atoms with Crippen LogP contribution in [0, 0.1) is 6.92 Å². The molecule has 2 rings (SSSR count). The summed E-state index contributed by atoms with van der Waals surface area (Å²) in [6, 6.07) is 2.02. The Morgan fingerprint density at radius 1 is 1.50 bits per heavy atom. The Hall–Kier alpha value is -0.140. The van der Waals surface area contributed by atoms with Crippen LogP contribution in [-0.4, -0.2) is 18.5 Å². The number of nitrogens with one attached hydrogen (secondary N) is 1. The average molecular weight is 399 g/mol. The number of fused-ring (bicyclic) bond motifs is 1. The summed E-state index contributed by atoms with van der Waals surface area (Å²) in [6.45, 7) is 4.12. The summed E-state index contributed by atoms with van der Waals surface area (Å²) in [4.78, 5) is 4.57. The minimum absolute atomic E-state index is 0. The van der Waals surface area contributed by atoms with E-state index in [1.807, 2.05) is 19.2 Å². The lowest BCUT2D eigenvalue weighted by atomic mass is 9.98. The topological polar surface area (TPSA) is 33.6 Å². The summed E-state index contributed by atoms with van der Waals surface area (Å²) < 4.78 is 5.36. The Kier molecular flexibility index (Phi) is 5.61.